The molecule has 0 bridgehead atoms. The first-order chi connectivity index (χ1) is 11.2. The van der Waals surface area contributed by atoms with Gasteiger partial charge in [-0.1, -0.05) is 17.7 Å². The molecule has 1 aromatic rings. The zero-order chi connectivity index (χ0) is 17.9. The quantitative estimate of drug-likeness (QED) is 0.917. The van der Waals surface area contributed by atoms with Gasteiger partial charge in [0, 0.05) is 19.0 Å². The van der Waals surface area contributed by atoms with Gasteiger partial charge in [-0.3, -0.25) is 0 Å². The predicted octanol–water partition coefficient (Wildman–Crippen LogP) is 3.30. The number of methoxy groups -OCH3 is 1. The van der Waals surface area contributed by atoms with Crippen LogP contribution in [0.4, 0.5) is 4.79 Å². The van der Waals surface area contributed by atoms with Crippen molar-refractivity contribution in [3.05, 3.63) is 29.3 Å². The van der Waals surface area contributed by atoms with Gasteiger partial charge >= 0.3 is 6.09 Å². The molecule has 5 heteroatoms. The van der Waals surface area contributed by atoms with Crippen molar-refractivity contribution in [2.24, 2.45) is 11.7 Å². The second kappa shape index (κ2) is 7.43. The van der Waals surface area contributed by atoms with E-state index in [1.54, 1.807) is 12.0 Å². The number of amides is 1. The molecule has 2 rings (SSSR count). The molecular formula is C19H30N2O3. The maximum atomic E-state index is 12.3. The molecule has 24 heavy (non-hydrogen) atoms. The van der Waals surface area contributed by atoms with E-state index in [1.807, 2.05) is 32.9 Å². The number of rotatable bonds is 4. The van der Waals surface area contributed by atoms with Gasteiger partial charge in [-0.15, -0.1) is 0 Å². The summed E-state index contributed by atoms with van der Waals surface area (Å²) in [5, 5.41) is 0. The van der Waals surface area contributed by atoms with Crippen molar-refractivity contribution in [2.75, 3.05) is 26.7 Å². The second-order valence-electron chi connectivity index (χ2n) is 7.56. The summed E-state index contributed by atoms with van der Waals surface area (Å²) in [4.78, 5) is 14.1. The average molecular weight is 334 g/mol. The maximum Gasteiger partial charge on any atom is 0.410 e. The van der Waals surface area contributed by atoms with Crippen LogP contribution in [0.15, 0.2) is 18.2 Å². The normalized spacial score (nSPS) is 19.2. The van der Waals surface area contributed by atoms with Crippen LogP contribution in [0.2, 0.25) is 0 Å². The number of ether oxygens (including phenoxy) is 2. The van der Waals surface area contributed by atoms with Crippen LogP contribution in [0.3, 0.4) is 0 Å². The van der Waals surface area contributed by atoms with Gasteiger partial charge in [0.2, 0.25) is 0 Å². The summed E-state index contributed by atoms with van der Waals surface area (Å²) in [7, 11) is 1.68. The van der Waals surface area contributed by atoms with Crippen LogP contribution >= 0.6 is 0 Å². The number of hydrogen-bond acceptors (Lipinski definition) is 4. The first-order valence-corrected chi connectivity index (χ1v) is 8.57. The molecule has 1 aliphatic heterocycles. The summed E-state index contributed by atoms with van der Waals surface area (Å²) in [6.07, 6.45) is 0.690. The van der Waals surface area contributed by atoms with Crippen LogP contribution in [0.25, 0.3) is 0 Å². The number of likely N-dealkylation sites (tertiary alicyclic amines) is 1. The van der Waals surface area contributed by atoms with Crippen LogP contribution in [-0.4, -0.2) is 43.3 Å². The molecule has 0 saturated carbocycles. The number of nitrogens with two attached hydrogens (primary N) is 1. The minimum Gasteiger partial charge on any atom is -0.496 e. The lowest BCUT2D eigenvalue weighted by molar-refractivity contribution is 0.0286. The number of aryl methyl sites for hydroxylation is 1. The van der Waals surface area contributed by atoms with Gasteiger partial charge in [0.15, 0.2) is 0 Å². The van der Waals surface area contributed by atoms with E-state index in [1.165, 1.54) is 5.56 Å². The Morgan fingerprint density at radius 2 is 2.12 bits per heavy atom. The first-order valence-electron chi connectivity index (χ1n) is 8.57. The predicted molar refractivity (Wildman–Crippen MR) is 95.4 cm³/mol. The number of benzene rings is 1. The highest BCUT2D eigenvalue weighted by Gasteiger charge is 2.35. The minimum atomic E-state index is -0.470. The first kappa shape index (κ1) is 18.6. The molecular weight excluding hydrogens is 304 g/mol. The number of carbonyl (C=O) groups is 1. The molecule has 1 heterocycles. The standard InChI is InChI=1S/C19H30N2O3/c1-13-6-7-17(23-5)15(10-13)16(11-20)14-8-9-21(12-14)18(22)24-19(2,3)4/h6-7,10,14,16H,8-9,11-12,20H2,1-5H3. The minimum absolute atomic E-state index is 0.173. The van der Waals surface area contributed by atoms with Crippen LogP contribution in [-0.2, 0) is 4.74 Å². The van der Waals surface area contributed by atoms with E-state index in [4.69, 9.17) is 15.2 Å². The van der Waals surface area contributed by atoms with Crippen molar-refractivity contribution in [2.45, 2.75) is 45.6 Å². The second-order valence-corrected chi connectivity index (χ2v) is 7.56. The Morgan fingerprint density at radius 3 is 2.71 bits per heavy atom. The Morgan fingerprint density at radius 1 is 1.42 bits per heavy atom. The Hall–Kier alpha value is -1.75. The molecule has 1 aliphatic rings. The lowest BCUT2D eigenvalue weighted by atomic mass is 9.84. The van der Waals surface area contributed by atoms with Gasteiger partial charge in [0.05, 0.1) is 7.11 Å². The third kappa shape index (κ3) is 4.41. The third-order valence-corrected chi connectivity index (χ3v) is 4.48. The lowest BCUT2D eigenvalue weighted by Gasteiger charge is -2.26. The van der Waals surface area contributed by atoms with Crippen molar-refractivity contribution >= 4 is 6.09 Å². The molecule has 2 atom stereocenters. The zero-order valence-corrected chi connectivity index (χ0v) is 15.5. The van der Waals surface area contributed by atoms with Crippen LogP contribution in [0.5, 0.6) is 5.75 Å². The molecule has 1 aromatic carbocycles. The highest BCUT2D eigenvalue weighted by Crippen LogP contribution is 2.37. The highest BCUT2D eigenvalue weighted by atomic mass is 16.6. The highest BCUT2D eigenvalue weighted by molar-refractivity contribution is 5.68. The summed E-state index contributed by atoms with van der Waals surface area (Å²) in [5.74, 6) is 1.36. The summed E-state index contributed by atoms with van der Waals surface area (Å²) in [6.45, 7) is 9.65. The monoisotopic (exact) mass is 334 g/mol. The molecule has 2 N–H and O–H groups in total. The van der Waals surface area contributed by atoms with Crippen molar-refractivity contribution in [3.8, 4) is 5.75 Å². The fraction of sp³-hybridized carbons (Fsp3) is 0.632. The molecule has 0 radical (unpaired) electrons. The molecule has 1 amide bonds. The molecule has 1 fully saturated rings. The summed E-state index contributed by atoms with van der Waals surface area (Å²) in [6, 6.07) is 6.18. The lowest BCUT2D eigenvalue weighted by Crippen LogP contribution is -2.36. The van der Waals surface area contributed by atoms with Crippen molar-refractivity contribution in [3.63, 3.8) is 0 Å². The van der Waals surface area contributed by atoms with Gasteiger partial charge in [-0.2, -0.15) is 0 Å². The van der Waals surface area contributed by atoms with Gasteiger partial charge in [-0.05, 0) is 58.2 Å². The summed E-state index contributed by atoms with van der Waals surface area (Å²) < 4.78 is 11.0. The molecule has 1 saturated heterocycles. The molecule has 2 unspecified atom stereocenters. The number of nitrogens with zero attached hydrogens (tertiary/aromatic N) is 1. The van der Waals surface area contributed by atoms with Crippen LogP contribution in [0, 0.1) is 12.8 Å². The van der Waals surface area contributed by atoms with Crippen LogP contribution < -0.4 is 10.5 Å². The average Bonchev–Trinajstić information content (AvgIpc) is 2.96. The third-order valence-electron chi connectivity index (χ3n) is 4.48. The van der Waals surface area contributed by atoms with Crippen molar-refractivity contribution in [1.29, 1.82) is 0 Å². The van der Waals surface area contributed by atoms with E-state index in [0.717, 1.165) is 17.7 Å². The van der Waals surface area contributed by atoms with Crippen molar-refractivity contribution in [1.82, 2.24) is 4.90 Å². The summed E-state index contributed by atoms with van der Waals surface area (Å²) >= 11 is 0. The van der Waals surface area contributed by atoms with E-state index in [2.05, 4.69) is 13.0 Å². The fourth-order valence-corrected chi connectivity index (χ4v) is 3.32. The maximum absolute atomic E-state index is 12.3. The molecule has 0 aromatic heterocycles. The smallest absolute Gasteiger partial charge is 0.410 e. The fourth-order valence-electron chi connectivity index (χ4n) is 3.32. The summed E-state index contributed by atoms with van der Waals surface area (Å²) in [5.41, 5.74) is 7.94. The van der Waals surface area contributed by atoms with Gasteiger partial charge in [-0.25, -0.2) is 4.79 Å². The van der Waals surface area contributed by atoms with E-state index in [-0.39, 0.29) is 12.0 Å². The van der Waals surface area contributed by atoms with Crippen LogP contribution in [0.1, 0.15) is 44.2 Å². The Balaban J connectivity index is 2.13. The number of carbonyl (C=O) groups excluding carboxylic acids is 1. The van der Waals surface area contributed by atoms with E-state index in [9.17, 15) is 4.79 Å². The van der Waals surface area contributed by atoms with E-state index >= 15 is 0 Å². The SMILES string of the molecule is COc1ccc(C)cc1C(CN)C1CCN(C(=O)OC(C)(C)C)C1. The van der Waals surface area contributed by atoms with E-state index < -0.39 is 5.60 Å². The Kier molecular flexibility index (Phi) is 5.75. The van der Waals surface area contributed by atoms with Gasteiger partial charge < -0.3 is 20.1 Å². The van der Waals surface area contributed by atoms with E-state index in [0.29, 0.717) is 25.6 Å². The Labute approximate surface area is 145 Å². The molecule has 0 aliphatic carbocycles. The van der Waals surface area contributed by atoms with Gasteiger partial charge in [0.25, 0.3) is 0 Å². The molecule has 134 valence electrons. The molecule has 5 nitrogen and oxygen atoms in total. The largest absolute Gasteiger partial charge is 0.496 e. The van der Waals surface area contributed by atoms with Crippen molar-refractivity contribution < 1.29 is 14.3 Å². The topological polar surface area (TPSA) is 64.8 Å². The Bertz CT molecular complexity index is 580. The number of hydrogen-bond donors (Lipinski definition) is 1. The van der Waals surface area contributed by atoms with Gasteiger partial charge in [0.1, 0.15) is 11.4 Å². The zero-order valence-electron chi connectivity index (χ0n) is 15.5. The molecule has 0 spiro atoms.